The summed E-state index contributed by atoms with van der Waals surface area (Å²) in [7, 11) is 0. The van der Waals surface area contributed by atoms with Crippen molar-refractivity contribution in [3.05, 3.63) is 59.7 Å². The topological polar surface area (TPSA) is 96.9 Å². The fourth-order valence-corrected chi connectivity index (χ4v) is 3.37. The number of hydrogen-bond donors (Lipinski definition) is 2. The highest BCUT2D eigenvalue weighted by Crippen LogP contribution is 2.30. The molecule has 1 aromatic heterocycles. The Balaban J connectivity index is 1.83. The van der Waals surface area contributed by atoms with Gasteiger partial charge in [0.1, 0.15) is 11.4 Å². The number of rotatable bonds is 6. The summed E-state index contributed by atoms with van der Waals surface area (Å²) in [5, 5.41) is 13.9. The van der Waals surface area contributed by atoms with E-state index in [9.17, 15) is 9.59 Å². The zero-order valence-corrected chi connectivity index (χ0v) is 18.8. The third kappa shape index (κ3) is 6.36. The second-order valence-corrected chi connectivity index (χ2v) is 8.43. The van der Waals surface area contributed by atoms with E-state index in [2.05, 4.69) is 25.8 Å². The quantitative estimate of drug-likeness (QED) is 0.565. The summed E-state index contributed by atoms with van der Waals surface area (Å²) in [6.45, 7) is 7.69. The van der Waals surface area contributed by atoms with Crippen LogP contribution in [0.4, 0.5) is 4.79 Å². The molecule has 3 aromatic rings. The minimum absolute atomic E-state index is 0.00438. The van der Waals surface area contributed by atoms with Crippen molar-refractivity contribution in [2.24, 2.45) is 0 Å². The van der Waals surface area contributed by atoms with Gasteiger partial charge in [0.25, 0.3) is 0 Å². The smallest absolute Gasteiger partial charge is 0.321 e. The van der Waals surface area contributed by atoms with Gasteiger partial charge in [-0.1, -0.05) is 71.4 Å². The molecular weight excluding hydrogens is 410 g/mol. The standard InChI is InChI=1S/C23H25N5O2S/c1-14(2)24-22(30)25-19(29)13-31-23-26-20(17-9-5-15(3)6-10-17)21(27-28-23)18-11-7-16(4)8-12-18/h5-12,14H,13H2,1-4H3,(H2,24,25,29,30). The van der Waals surface area contributed by atoms with Gasteiger partial charge in [0.05, 0.1) is 5.75 Å². The van der Waals surface area contributed by atoms with Crippen molar-refractivity contribution in [2.45, 2.75) is 38.9 Å². The Labute approximate surface area is 186 Å². The highest BCUT2D eigenvalue weighted by Gasteiger charge is 2.16. The van der Waals surface area contributed by atoms with E-state index in [1.165, 1.54) is 0 Å². The molecule has 2 aromatic carbocycles. The summed E-state index contributed by atoms with van der Waals surface area (Å²) in [6, 6.07) is 15.5. The van der Waals surface area contributed by atoms with Crippen LogP contribution in [0.2, 0.25) is 0 Å². The van der Waals surface area contributed by atoms with Crippen molar-refractivity contribution in [3.63, 3.8) is 0 Å². The van der Waals surface area contributed by atoms with Crippen LogP contribution in [0.15, 0.2) is 53.7 Å². The van der Waals surface area contributed by atoms with Gasteiger partial charge in [-0.2, -0.15) is 0 Å². The molecule has 160 valence electrons. The molecule has 0 spiro atoms. The minimum Gasteiger partial charge on any atom is -0.336 e. The molecule has 0 saturated carbocycles. The Morgan fingerprint density at radius 2 is 1.42 bits per heavy atom. The molecule has 0 aliphatic carbocycles. The molecule has 8 heteroatoms. The minimum atomic E-state index is -0.519. The normalized spacial score (nSPS) is 10.7. The SMILES string of the molecule is Cc1ccc(-c2nnc(SCC(=O)NC(=O)NC(C)C)nc2-c2ccc(C)cc2)cc1. The predicted octanol–water partition coefficient (Wildman–Crippen LogP) is 4.15. The molecule has 0 aliphatic rings. The highest BCUT2D eigenvalue weighted by atomic mass is 32.2. The van der Waals surface area contributed by atoms with Gasteiger partial charge in [-0.15, -0.1) is 10.2 Å². The van der Waals surface area contributed by atoms with E-state index in [-0.39, 0.29) is 11.8 Å². The monoisotopic (exact) mass is 435 g/mol. The molecule has 0 saturated heterocycles. The van der Waals surface area contributed by atoms with Crippen LogP contribution in [-0.2, 0) is 4.79 Å². The Hall–Kier alpha value is -3.26. The first-order chi connectivity index (χ1) is 14.8. The number of carbonyl (C=O) groups excluding carboxylic acids is 2. The number of nitrogens with one attached hydrogen (secondary N) is 2. The third-order valence-corrected chi connectivity index (χ3v) is 5.16. The Morgan fingerprint density at radius 1 is 0.871 bits per heavy atom. The van der Waals surface area contributed by atoms with E-state index < -0.39 is 11.9 Å². The molecule has 3 amide bonds. The molecule has 0 bridgehead atoms. The number of amides is 3. The van der Waals surface area contributed by atoms with Crippen molar-refractivity contribution in [3.8, 4) is 22.5 Å². The molecular formula is C23H25N5O2S. The molecule has 0 radical (unpaired) electrons. The molecule has 7 nitrogen and oxygen atoms in total. The van der Waals surface area contributed by atoms with Crippen molar-refractivity contribution in [1.29, 1.82) is 0 Å². The van der Waals surface area contributed by atoms with Gasteiger partial charge < -0.3 is 5.32 Å². The number of imide groups is 1. The highest BCUT2D eigenvalue weighted by molar-refractivity contribution is 7.99. The lowest BCUT2D eigenvalue weighted by atomic mass is 10.0. The Kier molecular flexibility index (Phi) is 7.36. The van der Waals surface area contributed by atoms with Gasteiger partial charge in [-0.3, -0.25) is 10.1 Å². The summed E-state index contributed by atoms with van der Waals surface area (Å²) in [5.41, 5.74) is 5.50. The van der Waals surface area contributed by atoms with Crippen molar-refractivity contribution in [2.75, 3.05) is 5.75 Å². The molecule has 0 atom stereocenters. The lowest BCUT2D eigenvalue weighted by molar-refractivity contribution is -0.117. The zero-order chi connectivity index (χ0) is 22.4. The summed E-state index contributed by atoms with van der Waals surface area (Å²) < 4.78 is 0. The van der Waals surface area contributed by atoms with E-state index in [0.29, 0.717) is 16.5 Å². The van der Waals surface area contributed by atoms with Gasteiger partial charge in [-0.25, -0.2) is 9.78 Å². The Bertz CT molecular complexity index is 1070. The van der Waals surface area contributed by atoms with E-state index in [1.807, 2.05) is 76.2 Å². The summed E-state index contributed by atoms with van der Waals surface area (Å²) in [4.78, 5) is 28.4. The van der Waals surface area contributed by atoms with Crippen LogP contribution in [0.1, 0.15) is 25.0 Å². The molecule has 31 heavy (non-hydrogen) atoms. The predicted molar refractivity (Wildman–Crippen MR) is 123 cm³/mol. The van der Waals surface area contributed by atoms with Crippen LogP contribution in [0, 0.1) is 13.8 Å². The summed E-state index contributed by atoms with van der Waals surface area (Å²) in [6.07, 6.45) is 0. The number of aromatic nitrogens is 3. The van der Waals surface area contributed by atoms with Crippen molar-refractivity contribution in [1.82, 2.24) is 25.8 Å². The van der Waals surface area contributed by atoms with E-state index in [4.69, 9.17) is 0 Å². The Morgan fingerprint density at radius 3 is 1.97 bits per heavy atom. The van der Waals surface area contributed by atoms with Gasteiger partial charge in [-0.05, 0) is 27.7 Å². The van der Waals surface area contributed by atoms with Crippen LogP contribution < -0.4 is 10.6 Å². The van der Waals surface area contributed by atoms with Crippen LogP contribution in [-0.4, -0.2) is 38.9 Å². The zero-order valence-electron chi connectivity index (χ0n) is 18.0. The van der Waals surface area contributed by atoms with Crippen LogP contribution in [0.25, 0.3) is 22.5 Å². The first-order valence-corrected chi connectivity index (χ1v) is 10.9. The number of carbonyl (C=O) groups is 2. The van der Waals surface area contributed by atoms with Gasteiger partial charge in [0.2, 0.25) is 11.1 Å². The number of benzene rings is 2. The lowest BCUT2D eigenvalue weighted by Crippen LogP contribution is -2.43. The maximum absolute atomic E-state index is 12.1. The molecule has 3 rings (SSSR count). The van der Waals surface area contributed by atoms with Crippen LogP contribution in [0.3, 0.4) is 0 Å². The molecule has 0 fully saturated rings. The van der Waals surface area contributed by atoms with E-state index in [0.717, 1.165) is 34.0 Å². The molecule has 1 heterocycles. The fourth-order valence-electron chi connectivity index (χ4n) is 2.78. The third-order valence-electron chi connectivity index (χ3n) is 4.32. The average Bonchev–Trinajstić information content (AvgIpc) is 2.73. The molecule has 0 unspecified atom stereocenters. The second-order valence-electron chi connectivity index (χ2n) is 7.49. The molecule has 2 N–H and O–H groups in total. The maximum atomic E-state index is 12.1. The first kappa shape index (κ1) is 22.4. The number of aryl methyl sites for hydroxylation is 2. The van der Waals surface area contributed by atoms with Gasteiger partial charge in [0, 0.05) is 17.2 Å². The maximum Gasteiger partial charge on any atom is 0.321 e. The van der Waals surface area contributed by atoms with Crippen molar-refractivity contribution < 1.29 is 9.59 Å². The lowest BCUT2D eigenvalue weighted by Gasteiger charge is -2.11. The van der Waals surface area contributed by atoms with Crippen LogP contribution in [0.5, 0.6) is 0 Å². The van der Waals surface area contributed by atoms with Gasteiger partial charge >= 0.3 is 6.03 Å². The average molecular weight is 436 g/mol. The number of urea groups is 1. The second kappa shape index (κ2) is 10.2. The van der Waals surface area contributed by atoms with Gasteiger partial charge in [0.15, 0.2) is 0 Å². The van der Waals surface area contributed by atoms with E-state index in [1.54, 1.807) is 0 Å². The first-order valence-electron chi connectivity index (χ1n) is 9.94. The van der Waals surface area contributed by atoms with Crippen molar-refractivity contribution >= 4 is 23.7 Å². The summed E-state index contributed by atoms with van der Waals surface area (Å²) in [5.74, 6) is -0.420. The number of hydrogen-bond acceptors (Lipinski definition) is 6. The number of thioether (sulfide) groups is 1. The largest absolute Gasteiger partial charge is 0.336 e. The van der Waals surface area contributed by atoms with Crippen LogP contribution >= 0.6 is 11.8 Å². The summed E-state index contributed by atoms with van der Waals surface area (Å²) >= 11 is 1.13. The molecule has 0 aliphatic heterocycles. The number of nitrogens with zero attached hydrogens (tertiary/aromatic N) is 3. The van der Waals surface area contributed by atoms with E-state index >= 15 is 0 Å². The fraction of sp³-hybridized carbons (Fsp3) is 0.261.